The van der Waals surface area contributed by atoms with Gasteiger partial charge in [0.05, 0.1) is 9.82 Å². The van der Waals surface area contributed by atoms with Gasteiger partial charge in [-0.25, -0.2) is 13.1 Å². The van der Waals surface area contributed by atoms with E-state index in [4.69, 9.17) is 0 Å². The fraction of sp³-hybridized carbons (Fsp3) is 0.424. The highest BCUT2D eigenvalue weighted by Crippen LogP contribution is 2.60. The first-order chi connectivity index (χ1) is 19.9. The van der Waals surface area contributed by atoms with Gasteiger partial charge < -0.3 is 5.32 Å². The number of anilines is 1. The number of nitrogens with one attached hydrogen (secondary N) is 2. The number of hydrogen-bond acceptors (Lipinski definition) is 6. The Morgan fingerprint density at radius 3 is 2.07 bits per heavy atom. The van der Waals surface area contributed by atoms with Crippen LogP contribution in [0.15, 0.2) is 59.5 Å². The molecule has 4 saturated carbocycles. The van der Waals surface area contributed by atoms with E-state index < -0.39 is 20.9 Å². The van der Waals surface area contributed by atoms with Gasteiger partial charge in [0.2, 0.25) is 0 Å². The minimum absolute atomic E-state index is 0.161. The van der Waals surface area contributed by atoms with Crippen molar-refractivity contribution in [2.24, 2.45) is 23.2 Å². The van der Waals surface area contributed by atoms with Gasteiger partial charge in [-0.15, -0.1) is 0 Å². The summed E-state index contributed by atoms with van der Waals surface area (Å²) >= 11 is 0. The number of sulfonamides is 1. The molecule has 0 atom stereocenters. The van der Waals surface area contributed by atoms with Crippen molar-refractivity contribution in [3.05, 3.63) is 87.0 Å². The summed E-state index contributed by atoms with van der Waals surface area (Å²) in [5.74, 6) is 1.48. The number of nitrogens with zero attached hydrogens (tertiary/aromatic N) is 1. The van der Waals surface area contributed by atoms with Crippen molar-refractivity contribution in [2.45, 2.75) is 64.2 Å². The summed E-state index contributed by atoms with van der Waals surface area (Å²) < 4.78 is 28.3. The van der Waals surface area contributed by atoms with Gasteiger partial charge in [0.25, 0.3) is 21.6 Å². The van der Waals surface area contributed by atoms with Gasteiger partial charge >= 0.3 is 0 Å². The van der Waals surface area contributed by atoms with E-state index in [0.717, 1.165) is 65.3 Å². The molecule has 9 heteroatoms. The largest absolute Gasteiger partial charge is 0.379 e. The number of aryl methyl sites for hydroxylation is 3. The van der Waals surface area contributed by atoms with Crippen LogP contribution >= 0.6 is 0 Å². The lowest BCUT2D eigenvalue weighted by Crippen LogP contribution is -2.49. The first-order valence-corrected chi connectivity index (χ1v) is 16.2. The van der Waals surface area contributed by atoms with E-state index >= 15 is 0 Å². The zero-order valence-corrected chi connectivity index (χ0v) is 25.1. The number of hydrogen-bond donors (Lipinski definition) is 2. The number of benzene rings is 3. The Kier molecular flexibility index (Phi) is 7.12. The molecule has 4 bridgehead atoms. The van der Waals surface area contributed by atoms with Crippen LogP contribution in [0.25, 0.3) is 11.1 Å². The third-order valence-electron chi connectivity index (χ3n) is 9.82. The topological polar surface area (TPSA) is 118 Å². The second kappa shape index (κ2) is 10.5. The van der Waals surface area contributed by atoms with Gasteiger partial charge in [-0.1, -0.05) is 24.3 Å². The molecule has 2 N–H and O–H groups in total. The SMILES string of the molecule is Cc1cc(C)c(-c2ccc(C(=O)NS(=O)(=O)c3ccc(NCC45CC6CC(CC(C6)C4)C5)c([N+](=O)[O-])c3)cc2)cc1C. The average Bonchev–Trinajstić information content (AvgIpc) is 2.93. The Bertz CT molecular complexity index is 1650. The van der Waals surface area contributed by atoms with E-state index in [0.29, 0.717) is 12.2 Å². The van der Waals surface area contributed by atoms with Crippen molar-refractivity contribution in [2.75, 3.05) is 11.9 Å². The summed E-state index contributed by atoms with van der Waals surface area (Å²) in [6, 6.07) is 14.7. The summed E-state index contributed by atoms with van der Waals surface area (Å²) in [6.07, 6.45) is 7.41. The molecule has 7 rings (SSSR count). The number of nitro groups is 1. The van der Waals surface area contributed by atoms with Crippen molar-refractivity contribution in [3.63, 3.8) is 0 Å². The highest BCUT2D eigenvalue weighted by atomic mass is 32.2. The molecule has 0 heterocycles. The maximum absolute atomic E-state index is 13.1. The summed E-state index contributed by atoms with van der Waals surface area (Å²) in [7, 11) is -4.34. The molecule has 4 aliphatic carbocycles. The van der Waals surface area contributed by atoms with E-state index in [-0.39, 0.29) is 21.6 Å². The Labute approximate surface area is 247 Å². The molecule has 0 radical (unpaired) electrons. The van der Waals surface area contributed by atoms with Gasteiger partial charge in [0, 0.05) is 18.2 Å². The van der Waals surface area contributed by atoms with Crippen LogP contribution in [0.5, 0.6) is 0 Å². The maximum Gasteiger partial charge on any atom is 0.293 e. The van der Waals surface area contributed by atoms with E-state index in [1.807, 2.05) is 13.8 Å². The molecule has 0 aliphatic heterocycles. The summed E-state index contributed by atoms with van der Waals surface area (Å²) in [5.41, 5.74) is 5.75. The Balaban J connectivity index is 1.16. The number of rotatable bonds is 8. The van der Waals surface area contributed by atoms with Crippen molar-refractivity contribution < 1.29 is 18.1 Å². The minimum Gasteiger partial charge on any atom is -0.379 e. The molecule has 8 nitrogen and oxygen atoms in total. The van der Waals surface area contributed by atoms with E-state index in [1.165, 1.54) is 37.0 Å². The van der Waals surface area contributed by atoms with E-state index in [1.54, 1.807) is 24.3 Å². The summed E-state index contributed by atoms with van der Waals surface area (Å²) in [5, 5.41) is 15.3. The number of carbonyl (C=O) groups is 1. The zero-order chi connectivity index (χ0) is 29.8. The van der Waals surface area contributed by atoms with Gasteiger partial charge in [-0.2, -0.15) is 0 Å². The predicted octanol–water partition coefficient (Wildman–Crippen LogP) is 6.93. The summed E-state index contributed by atoms with van der Waals surface area (Å²) in [4.78, 5) is 24.0. The van der Waals surface area contributed by atoms with Crippen LogP contribution < -0.4 is 10.0 Å². The molecule has 42 heavy (non-hydrogen) atoms. The third kappa shape index (κ3) is 5.42. The van der Waals surface area contributed by atoms with Crippen LogP contribution in [-0.2, 0) is 10.0 Å². The lowest BCUT2D eigenvalue weighted by atomic mass is 9.49. The normalized spacial score (nSPS) is 24.4. The van der Waals surface area contributed by atoms with Crippen LogP contribution in [-0.4, -0.2) is 25.8 Å². The van der Waals surface area contributed by atoms with Crippen LogP contribution in [0, 0.1) is 54.1 Å². The van der Waals surface area contributed by atoms with Crippen molar-refractivity contribution in [1.29, 1.82) is 0 Å². The third-order valence-corrected chi connectivity index (χ3v) is 11.1. The highest BCUT2D eigenvalue weighted by Gasteiger charge is 2.50. The molecule has 0 aromatic heterocycles. The molecule has 4 fully saturated rings. The number of carbonyl (C=O) groups excluding carboxylic acids is 1. The quantitative estimate of drug-likeness (QED) is 0.218. The fourth-order valence-corrected chi connectivity index (χ4v) is 9.07. The Hall–Kier alpha value is -3.72. The van der Waals surface area contributed by atoms with E-state index in [2.05, 4.69) is 29.1 Å². The monoisotopic (exact) mass is 587 g/mol. The first-order valence-electron chi connectivity index (χ1n) is 14.7. The van der Waals surface area contributed by atoms with Gasteiger partial charge in [0.1, 0.15) is 5.69 Å². The lowest BCUT2D eigenvalue weighted by Gasteiger charge is -2.57. The van der Waals surface area contributed by atoms with Crippen LogP contribution in [0.1, 0.15) is 65.6 Å². The molecule has 220 valence electrons. The second-order valence-electron chi connectivity index (χ2n) is 13.0. The fourth-order valence-electron chi connectivity index (χ4n) is 8.08. The molecule has 4 aliphatic rings. The zero-order valence-electron chi connectivity index (χ0n) is 24.3. The molecule has 3 aromatic carbocycles. The molecule has 0 saturated heterocycles. The Morgan fingerprint density at radius 1 is 0.881 bits per heavy atom. The molecular weight excluding hydrogens is 550 g/mol. The molecule has 0 unspecified atom stereocenters. The minimum atomic E-state index is -4.34. The number of amides is 1. The molecule has 0 spiro atoms. The van der Waals surface area contributed by atoms with Gasteiger partial charge in [-0.3, -0.25) is 14.9 Å². The second-order valence-corrected chi connectivity index (χ2v) is 14.7. The van der Waals surface area contributed by atoms with Crippen molar-refractivity contribution in [1.82, 2.24) is 4.72 Å². The van der Waals surface area contributed by atoms with Gasteiger partial charge in [-0.05, 0) is 135 Å². The highest BCUT2D eigenvalue weighted by molar-refractivity contribution is 7.90. The van der Waals surface area contributed by atoms with Crippen molar-refractivity contribution >= 4 is 27.3 Å². The van der Waals surface area contributed by atoms with Crippen molar-refractivity contribution in [3.8, 4) is 11.1 Å². The smallest absolute Gasteiger partial charge is 0.293 e. The van der Waals surface area contributed by atoms with Crippen LogP contribution in [0.3, 0.4) is 0 Å². The maximum atomic E-state index is 13.1. The van der Waals surface area contributed by atoms with Gasteiger partial charge in [0.15, 0.2) is 0 Å². The lowest BCUT2D eigenvalue weighted by molar-refractivity contribution is -0.384. The molecule has 1 amide bonds. The first kappa shape index (κ1) is 28.4. The average molecular weight is 588 g/mol. The molecular formula is C33H37N3O5S. The molecule has 3 aromatic rings. The summed E-state index contributed by atoms with van der Waals surface area (Å²) in [6.45, 7) is 6.78. The standard InChI is InChI=1S/C33H37N3O5S/c1-20-10-22(3)29(11-21(20)2)26-4-6-27(7-5-26)32(37)35-42(40,41)28-8-9-30(31(15-28)36(38)39)34-19-33-16-23-12-24(17-33)14-25(13-23)18-33/h4-11,15,23-25,34H,12-14,16-19H2,1-3H3,(H,35,37). The Morgan fingerprint density at radius 2 is 1.48 bits per heavy atom. The predicted molar refractivity (Wildman–Crippen MR) is 163 cm³/mol. The van der Waals surface area contributed by atoms with Crippen LogP contribution in [0.4, 0.5) is 11.4 Å². The van der Waals surface area contributed by atoms with E-state index in [9.17, 15) is 23.3 Å². The number of nitro benzene ring substituents is 1. The van der Waals surface area contributed by atoms with Crippen LogP contribution in [0.2, 0.25) is 0 Å².